The Morgan fingerprint density at radius 1 is 1.15 bits per heavy atom. The van der Waals surface area contributed by atoms with E-state index in [1.54, 1.807) is 0 Å². The molecule has 2 aromatic heterocycles. The summed E-state index contributed by atoms with van der Waals surface area (Å²) in [6, 6.07) is 8.11. The molecule has 2 heterocycles. The molecule has 3 aromatic rings. The molecule has 0 saturated carbocycles. The van der Waals surface area contributed by atoms with Gasteiger partial charge in [-0.05, 0) is 12.1 Å². The summed E-state index contributed by atoms with van der Waals surface area (Å²) >= 11 is 0. The highest BCUT2D eigenvalue weighted by Gasteiger charge is 2.13. The Bertz CT molecular complexity index is 702. The van der Waals surface area contributed by atoms with Crippen molar-refractivity contribution in [2.24, 2.45) is 0 Å². The standard InChI is InChI=1S/C14H16N4O2/c1-9(2)15-8-13-16-14(20-18-13)7-11-10-5-3-4-6-12(10)19-17-11/h3-6,9,15H,7-8H2,1-2H3. The molecule has 0 atom stereocenters. The van der Waals surface area contributed by atoms with Gasteiger partial charge in [-0.25, -0.2) is 0 Å². The number of fused-ring (bicyclic) bond motifs is 1. The lowest BCUT2D eigenvalue weighted by atomic mass is 10.2. The third-order valence-corrected chi connectivity index (χ3v) is 2.95. The van der Waals surface area contributed by atoms with E-state index in [0.717, 1.165) is 16.7 Å². The molecule has 6 nitrogen and oxygen atoms in total. The van der Waals surface area contributed by atoms with Gasteiger partial charge in [-0.3, -0.25) is 0 Å². The van der Waals surface area contributed by atoms with Crippen LogP contribution in [0, 0.1) is 0 Å². The summed E-state index contributed by atoms with van der Waals surface area (Å²) in [5, 5.41) is 12.2. The maximum absolute atomic E-state index is 5.25. The number of benzene rings is 1. The second kappa shape index (κ2) is 5.42. The molecule has 20 heavy (non-hydrogen) atoms. The minimum absolute atomic E-state index is 0.386. The number of aromatic nitrogens is 3. The van der Waals surface area contributed by atoms with Crippen molar-refractivity contribution in [1.82, 2.24) is 20.6 Å². The fourth-order valence-corrected chi connectivity index (χ4v) is 1.94. The third-order valence-electron chi connectivity index (χ3n) is 2.95. The quantitative estimate of drug-likeness (QED) is 0.768. The molecule has 0 saturated heterocycles. The van der Waals surface area contributed by atoms with E-state index in [-0.39, 0.29) is 0 Å². The Kier molecular flexibility index (Phi) is 3.47. The lowest BCUT2D eigenvalue weighted by molar-refractivity contribution is 0.372. The van der Waals surface area contributed by atoms with Gasteiger partial charge in [0.15, 0.2) is 11.4 Å². The van der Waals surface area contributed by atoms with Crippen LogP contribution in [-0.2, 0) is 13.0 Å². The van der Waals surface area contributed by atoms with Crippen molar-refractivity contribution in [1.29, 1.82) is 0 Å². The molecular weight excluding hydrogens is 256 g/mol. The summed E-state index contributed by atoms with van der Waals surface area (Å²) in [5.41, 5.74) is 1.58. The fourth-order valence-electron chi connectivity index (χ4n) is 1.94. The normalized spacial score (nSPS) is 11.6. The molecule has 0 bridgehead atoms. The van der Waals surface area contributed by atoms with Gasteiger partial charge in [0.1, 0.15) is 5.69 Å². The van der Waals surface area contributed by atoms with Crippen molar-refractivity contribution in [2.75, 3.05) is 0 Å². The van der Waals surface area contributed by atoms with Crippen molar-refractivity contribution in [3.05, 3.63) is 41.7 Å². The van der Waals surface area contributed by atoms with E-state index in [0.29, 0.717) is 30.7 Å². The highest BCUT2D eigenvalue weighted by atomic mass is 16.5. The van der Waals surface area contributed by atoms with E-state index in [1.807, 2.05) is 24.3 Å². The molecule has 1 aromatic carbocycles. The second-order valence-corrected chi connectivity index (χ2v) is 4.94. The van der Waals surface area contributed by atoms with Gasteiger partial charge in [0, 0.05) is 11.4 Å². The molecule has 0 aliphatic carbocycles. The Morgan fingerprint density at radius 2 is 2.00 bits per heavy atom. The predicted molar refractivity (Wildman–Crippen MR) is 73.1 cm³/mol. The molecular formula is C14H16N4O2. The summed E-state index contributed by atoms with van der Waals surface area (Å²) in [4.78, 5) is 4.34. The first-order valence-electron chi connectivity index (χ1n) is 6.60. The van der Waals surface area contributed by atoms with Gasteiger partial charge < -0.3 is 14.4 Å². The summed E-state index contributed by atoms with van der Waals surface area (Å²) in [5.74, 6) is 1.20. The number of para-hydroxylation sites is 1. The van der Waals surface area contributed by atoms with Crippen molar-refractivity contribution in [2.45, 2.75) is 32.9 Å². The molecule has 6 heteroatoms. The van der Waals surface area contributed by atoms with Gasteiger partial charge in [0.05, 0.1) is 13.0 Å². The second-order valence-electron chi connectivity index (χ2n) is 4.94. The number of nitrogens with zero attached hydrogens (tertiary/aromatic N) is 3. The van der Waals surface area contributed by atoms with E-state index < -0.39 is 0 Å². The van der Waals surface area contributed by atoms with Crippen LogP contribution in [0.2, 0.25) is 0 Å². The first-order valence-corrected chi connectivity index (χ1v) is 6.60. The zero-order valence-corrected chi connectivity index (χ0v) is 11.5. The van der Waals surface area contributed by atoms with Gasteiger partial charge in [0.25, 0.3) is 0 Å². The summed E-state index contributed by atoms with van der Waals surface area (Å²) in [6.07, 6.45) is 0.478. The molecule has 0 aliphatic rings. The Morgan fingerprint density at radius 3 is 2.85 bits per heavy atom. The number of hydrogen-bond donors (Lipinski definition) is 1. The molecule has 0 spiro atoms. The minimum Gasteiger partial charge on any atom is -0.356 e. The van der Waals surface area contributed by atoms with Gasteiger partial charge in [-0.2, -0.15) is 4.98 Å². The molecule has 104 valence electrons. The minimum atomic E-state index is 0.386. The number of nitrogens with one attached hydrogen (secondary N) is 1. The van der Waals surface area contributed by atoms with Crippen LogP contribution in [0.5, 0.6) is 0 Å². The Hall–Kier alpha value is -2.21. The van der Waals surface area contributed by atoms with Crippen LogP contribution in [0.15, 0.2) is 33.3 Å². The fraction of sp³-hybridized carbons (Fsp3) is 0.357. The zero-order valence-electron chi connectivity index (χ0n) is 11.5. The average molecular weight is 272 g/mol. The van der Waals surface area contributed by atoms with Crippen molar-refractivity contribution in [3.8, 4) is 0 Å². The van der Waals surface area contributed by atoms with Crippen LogP contribution in [-0.4, -0.2) is 21.3 Å². The van der Waals surface area contributed by atoms with E-state index in [9.17, 15) is 0 Å². The Labute approximate surface area is 116 Å². The molecule has 0 radical (unpaired) electrons. The lowest BCUT2D eigenvalue weighted by Crippen LogP contribution is -2.22. The van der Waals surface area contributed by atoms with Crippen LogP contribution in [0.1, 0.15) is 31.3 Å². The first-order chi connectivity index (χ1) is 9.72. The highest BCUT2D eigenvalue weighted by molar-refractivity contribution is 5.79. The maximum atomic E-state index is 5.25. The van der Waals surface area contributed by atoms with E-state index in [1.165, 1.54) is 0 Å². The van der Waals surface area contributed by atoms with Crippen LogP contribution in [0.3, 0.4) is 0 Å². The van der Waals surface area contributed by atoms with E-state index >= 15 is 0 Å². The van der Waals surface area contributed by atoms with Crippen molar-refractivity contribution >= 4 is 11.0 Å². The summed E-state index contributed by atoms with van der Waals surface area (Å²) in [6.45, 7) is 4.74. The molecule has 3 rings (SSSR count). The Balaban J connectivity index is 1.74. The molecule has 0 unspecified atom stereocenters. The SMILES string of the molecule is CC(C)NCc1noc(Cc2noc3ccccc23)n1. The van der Waals surface area contributed by atoms with Gasteiger partial charge in [0.2, 0.25) is 5.89 Å². The summed E-state index contributed by atoms with van der Waals surface area (Å²) in [7, 11) is 0. The molecule has 0 fully saturated rings. The monoisotopic (exact) mass is 272 g/mol. The van der Waals surface area contributed by atoms with Crippen molar-refractivity contribution in [3.63, 3.8) is 0 Å². The number of hydrogen-bond acceptors (Lipinski definition) is 6. The van der Waals surface area contributed by atoms with Crippen LogP contribution >= 0.6 is 0 Å². The van der Waals surface area contributed by atoms with Crippen molar-refractivity contribution < 1.29 is 9.05 Å². The van der Waals surface area contributed by atoms with Gasteiger partial charge in [-0.15, -0.1) is 0 Å². The highest BCUT2D eigenvalue weighted by Crippen LogP contribution is 2.19. The smallest absolute Gasteiger partial charge is 0.232 e. The third kappa shape index (κ3) is 2.70. The van der Waals surface area contributed by atoms with Crippen LogP contribution in [0.4, 0.5) is 0 Å². The lowest BCUT2D eigenvalue weighted by Gasteiger charge is -2.03. The predicted octanol–water partition coefficient (Wildman–Crippen LogP) is 2.30. The molecule has 0 aliphatic heterocycles. The number of rotatable bonds is 5. The van der Waals surface area contributed by atoms with Crippen LogP contribution < -0.4 is 5.32 Å². The molecule has 0 amide bonds. The maximum Gasteiger partial charge on any atom is 0.232 e. The topological polar surface area (TPSA) is 77.0 Å². The largest absolute Gasteiger partial charge is 0.356 e. The van der Waals surface area contributed by atoms with Gasteiger partial charge >= 0.3 is 0 Å². The van der Waals surface area contributed by atoms with Crippen LogP contribution in [0.25, 0.3) is 11.0 Å². The average Bonchev–Trinajstić information content (AvgIpc) is 3.05. The summed E-state index contributed by atoms with van der Waals surface area (Å²) < 4.78 is 10.5. The molecule has 1 N–H and O–H groups in total. The van der Waals surface area contributed by atoms with E-state index in [4.69, 9.17) is 9.05 Å². The van der Waals surface area contributed by atoms with E-state index in [2.05, 4.69) is 34.5 Å². The van der Waals surface area contributed by atoms with Gasteiger partial charge in [-0.1, -0.05) is 36.3 Å². The first kappa shape index (κ1) is 12.8. The zero-order chi connectivity index (χ0) is 13.9.